The Bertz CT molecular complexity index is 1010. The second kappa shape index (κ2) is 9.96. The standard InChI is InChI=1S/C21H25Br2NO6/c1-11-6-16(25)28-19-12(2)18(13(8-15(11)19)7-14(23)9-22)29-17(26)10-24-20(27)30-21(3,4)5/h6,8,14H,7,9-10H2,1-5H3,(H,24,27)/t14-/m1/s1. The number of halogens is 2. The number of carbonyl (C=O) groups excluding carboxylic acids is 2. The summed E-state index contributed by atoms with van der Waals surface area (Å²) in [6.45, 7) is 8.38. The van der Waals surface area contributed by atoms with Crippen molar-refractivity contribution in [3.05, 3.63) is 39.2 Å². The molecule has 0 aliphatic carbocycles. The van der Waals surface area contributed by atoms with Gasteiger partial charge in [-0.15, -0.1) is 0 Å². The summed E-state index contributed by atoms with van der Waals surface area (Å²) in [6, 6.07) is 3.29. The first-order valence-corrected chi connectivity index (χ1v) is 11.4. The van der Waals surface area contributed by atoms with Crippen LogP contribution in [0.5, 0.6) is 5.75 Å². The second-order valence-electron chi connectivity index (χ2n) is 7.90. The van der Waals surface area contributed by atoms with E-state index in [9.17, 15) is 14.4 Å². The summed E-state index contributed by atoms with van der Waals surface area (Å²) in [7, 11) is 0. The maximum absolute atomic E-state index is 12.4. The number of fused-ring (bicyclic) bond motifs is 1. The van der Waals surface area contributed by atoms with Gasteiger partial charge >= 0.3 is 17.7 Å². The number of hydrogen-bond donors (Lipinski definition) is 1. The Kier molecular flexibility index (Phi) is 8.10. The average Bonchev–Trinajstić information content (AvgIpc) is 2.62. The van der Waals surface area contributed by atoms with Crippen molar-refractivity contribution in [2.75, 3.05) is 11.9 Å². The first-order chi connectivity index (χ1) is 13.9. The zero-order chi connectivity index (χ0) is 22.6. The molecule has 0 aliphatic rings. The van der Waals surface area contributed by atoms with Gasteiger partial charge in [0.15, 0.2) is 0 Å². The highest BCUT2D eigenvalue weighted by Crippen LogP contribution is 2.34. The van der Waals surface area contributed by atoms with E-state index in [0.717, 1.165) is 16.5 Å². The molecule has 2 aromatic rings. The van der Waals surface area contributed by atoms with E-state index in [-0.39, 0.29) is 11.4 Å². The molecule has 0 unspecified atom stereocenters. The van der Waals surface area contributed by atoms with Crippen LogP contribution in [0.1, 0.15) is 37.5 Å². The summed E-state index contributed by atoms with van der Waals surface area (Å²) in [4.78, 5) is 36.1. The van der Waals surface area contributed by atoms with Gasteiger partial charge in [-0.2, -0.15) is 0 Å². The van der Waals surface area contributed by atoms with E-state index in [1.165, 1.54) is 6.07 Å². The number of esters is 1. The van der Waals surface area contributed by atoms with Crippen LogP contribution in [-0.4, -0.2) is 34.4 Å². The maximum atomic E-state index is 12.4. The van der Waals surface area contributed by atoms with Gasteiger partial charge in [-0.25, -0.2) is 14.4 Å². The number of carbonyl (C=O) groups is 2. The molecule has 0 bridgehead atoms. The summed E-state index contributed by atoms with van der Waals surface area (Å²) in [5.41, 5.74) is 1.33. The number of alkyl halides is 2. The minimum Gasteiger partial charge on any atom is -0.444 e. The van der Waals surface area contributed by atoms with Crippen LogP contribution in [0.3, 0.4) is 0 Å². The fourth-order valence-electron chi connectivity index (χ4n) is 2.86. The van der Waals surface area contributed by atoms with Gasteiger partial charge in [-0.1, -0.05) is 31.9 Å². The molecule has 0 radical (unpaired) electrons. The molecule has 2 rings (SSSR count). The van der Waals surface area contributed by atoms with Gasteiger partial charge in [0, 0.05) is 27.2 Å². The molecular formula is C21H25Br2NO6. The molecule has 0 fully saturated rings. The third-order valence-corrected chi connectivity index (χ3v) is 6.40. The summed E-state index contributed by atoms with van der Waals surface area (Å²) in [5, 5.41) is 3.86. The fraction of sp³-hybridized carbons (Fsp3) is 0.476. The molecule has 9 heteroatoms. The van der Waals surface area contributed by atoms with E-state index < -0.39 is 23.3 Å². The number of hydrogen-bond acceptors (Lipinski definition) is 6. The Balaban J connectivity index is 2.34. The van der Waals surface area contributed by atoms with Crippen LogP contribution >= 0.6 is 31.9 Å². The third kappa shape index (κ3) is 6.57. The van der Waals surface area contributed by atoms with Crippen molar-refractivity contribution in [1.82, 2.24) is 5.32 Å². The highest BCUT2D eigenvalue weighted by Gasteiger charge is 2.21. The van der Waals surface area contributed by atoms with Gasteiger partial charge < -0.3 is 19.2 Å². The molecule has 1 aromatic carbocycles. The quantitative estimate of drug-likeness (QED) is 0.247. The molecule has 0 saturated carbocycles. The van der Waals surface area contributed by atoms with Gasteiger partial charge in [0.2, 0.25) is 0 Å². The van der Waals surface area contributed by atoms with Gasteiger partial charge in [0.1, 0.15) is 23.5 Å². The van der Waals surface area contributed by atoms with Crippen molar-refractivity contribution < 1.29 is 23.5 Å². The van der Waals surface area contributed by atoms with E-state index in [1.807, 2.05) is 13.0 Å². The number of ether oxygens (including phenoxy) is 2. The van der Waals surface area contributed by atoms with E-state index in [1.54, 1.807) is 27.7 Å². The molecule has 1 amide bonds. The van der Waals surface area contributed by atoms with Crippen LogP contribution in [0.25, 0.3) is 11.0 Å². The predicted molar refractivity (Wildman–Crippen MR) is 122 cm³/mol. The first-order valence-electron chi connectivity index (χ1n) is 9.35. The highest BCUT2D eigenvalue weighted by atomic mass is 79.9. The number of nitrogens with one attached hydrogen (secondary N) is 1. The topological polar surface area (TPSA) is 94.8 Å². The second-order valence-corrected chi connectivity index (χ2v) is 9.84. The highest BCUT2D eigenvalue weighted by molar-refractivity contribution is 9.12. The van der Waals surface area contributed by atoms with Crippen molar-refractivity contribution in [3.63, 3.8) is 0 Å². The monoisotopic (exact) mass is 545 g/mol. The third-order valence-electron chi connectivity index (χ3n) is 4.10. The van der Waals surface area contributed by atoms with Crippen LogP contribution < -0.4 is 15.7 Å². The first kappa shape index (κ1) is 24.4. The normalized spacial score (nSPS) is 12.5. The Morgan fingerprint density at radius 2 is 1.90 bits per heavy atom. The van der Waals surface area contributed by atoms with Crippen LogP contribution in [0.15, 0.2) is 21.3 Å². The van der Waals surface area contributed by atoms with Crippen molar-refractivity contribution in [2.24, 2.45) is 0 Å². The van der Waals surface area contributed by atoms with Gasteiger partial charge in [0.05, 0.1) is 0 Å². The lowest BCUT2D eigenvalue weighted by molar-refractivity contribution is -0.133. The van der Waals surface area contributed by atoms with Gasteiger partial charge in [0.25, 0.3) is 0 Å². The average molecular weight is 547 g/mol. The summed E-state index contributed by atoms with van der Waals surface area (Å²) >= 11 is 7.00. The molecule has 7 nitrogen and oxygen atoms in total. The van der Waals surface area contributed by atoms with Crippen LogP contribution in [-0.2, 0) is 16.0 Å². The molecule has 0 aliphatic heterocycles. The zero-order valence-corrected chi connectivity index (χ0v) is 20.7. The molecular weight excluding hydrogens is 522 g/mol. The minimum absolute atomic E-state index is 0.0997. The number of aryl methyl sites for hydroxylation is 2. The van der Waals surface area contributed by atoms with E-state index in [0.29, 0.717) is 28.6 Å². The lowest BCUT2D eigenvalue weighted by atomic mass is 9.99. The van der Waals surface area contributed by atoms with Gasteiger partial charge in [-0.3, -0.25) is 0 Å². The number of amides is 1. The van der Waals surface area contributed by atoms with E-state index in [4.69, 9.17) is 13.9 Å². The Hall–Kier alpha value is -1.87. The maximum Gasteiger partial charge on any atom is 0.408 e. The SMILES string of the molecule is Cc1cc(=O)oc2c(C)c(OC(=O)CNC(=O)OC(C)(C)C)c(C[C@@H](Br)CBr)cc12. The van der Waals surface area contributed by atoms with Crippen molar-refractivity contribution in [1.29, 1.82) is 0 Å². The van der Waals surface area contributed by atoms with Crippen LogP contribution in [0, 0.1) is 13.8 Å². The fourth-order valence-corrected chi connectivity index (χ4v) is 3.43. The summed E-state index contributed by atoms with van der Waals surface area (Å²) in [5.74, 6) is -0.345. The molecule has 164 valence electrons. The van der Waals surface area contributed by atoms with Crippen molar-refractivity contribution in [3.8, 4) is 5.75 Å². The minimum atomic E-state index is -0.712. The Labute approximate surface area is 191 Å². The molecule has 0 saturated heterocycles. The zero-order valence-electron chi connectivity index (χ0n) is 17.6. The van der Waals surface area contributed by atoms with Crippen molar-refractivity contribution in [2.45, 2.75) is 51.5 Å². The van der Waals surface area contributed by atoms with E-state index >= 15 is 0 Å². The molecule has 1 atom stereocenters. The van der Waals surface area contributed by atoms with E-state index in [2.05, 4.69) is 37.2 Å². The summed E-state index contributed by atoms with van der Waals surface area (Å²) < 4.78 is 16.1. The largest absolute Gasteiger partial charge is 0.444 e. The predicted octanol–water partition coefficient (Wildman–Crippen LogP) is 4.54. The Morgan fingerprint density at radius 3 is 2.50 bits per heavy atom. The lowest BCUT2D eigenvalue weighted by Crippen LogP contribution is -2.36. The molecule has 1 aromatic heterocycles. The van der Waals surface area contributed by atoms with Crippen molar-refractivity contribution >= 4 is 54.9 Å². The molecule has 30 heavy (non-hydrogen) atoms. The summed E-state index contributed by atoms with van der Waals surface area (Å²) in [6.07, 6.45) is -0.140. The van der Waals surface area contributed by atoms with Crippen LogP contribution in [0.4, 0.5) is 4.79 Å². The van der Waals surface area contributed by atoms with Gasteiger partial charge in [-0.05, 0) is 58.2 Å². The lowest BCUT2D eigenvalue weighted by Gasteiger charge is -2.20. The number of benzene rings is 1. The Morgan fingerprint density at radius 1 is 1.23 bits per heavy atom. The number of alkyl carbamates (subject to hydrolysis) is 1. The molecule has 0 spiro atoms. The number of rotatable bonds is 6. The van der Waals surface area contributed by atoms with Crippen LogP contribution in [0.2, 0.25) is 0 Å². The smallest absolute Gasteiger partial charge is 0.408 e. The molecule has 1 heterocycles. The molecule has 1 N–H and O–H groups in total.